The van der Waals surface area contributed by atoms with Crippen LogP contribution in [0.1, 0.15) is 12.8 Å². The summed E-state index contributed by atoms with van der Waals surface area (Å²) in [5.41, 5.74) is -0.168. The smallest absolute Gasteiger partial charge is 0.316 e. The number of rotatable bonds is 3. The third-order valence-corrected chi connectivity index (χ3v) is 4.14. The molecule has 2 aliphatic heterocycles. The maximum Gasteiger partial charge on any atom is 0.316 e. The molecule has 2 aromatic heterocycles. The Labute approximate surface area is 128 Å². The summed E-state index contributed by atoms with van der Waals surface area (Å²) in [5, 5.41) is 0. The molecule has 22 heavy (non-hydrogen) atoms. The first-order valence-electron chi connectivity index (χ1n) is 7.43. The van der Waals surface area contributed by atoms with Crippen LogP contribution in [0.25, 0.3) is 0 Å². The van der Waals surface area contributed by atoms with E-state index in [1.807, 2.05) is 6.07 Å². The molecular weight excluding hydrogens is 282 g/mol. The van der Waals surface area contributed by atoms with Crippen molar-refractivity contribution in [2.24, 2.45) is 0 Å². The van der Waals surface area contributed by atoms with Gasteiger partial charge in [0, 0.05) is 37.8 Å². The van der Waals surface area contributed by atoms with Crippen molar-refractivity contribution in [3.05, 3.63) is 36.9 Å². The zero-order chi connectivity index (χ0) is 14.8. The molecule has 0 bridgehead atoms. The lowest BCUT2D eigenvalue weighted by Crippen LogP contribution is -2.34. The van der Waals surface area contributed by atoms with Crippen LogP contribution in [0.2, 0.25) is 0 Å². The van der Waals surface area contributed by atoms with E-state index < -0.39 is 0 Å². The number of anilines is 1. The topological polar surface area (TPSA) is 73.3 Å². The van der Waals surface area contributed by atoms with Crippen LogP contribution < -0.4 is 9.64 Å². The summed E-state index contributed by atoms with van der Waals surface area (Å²) in [5.74, 6) is 0.763. The fourth-order valence-electron chi connectivity index (χ4n) is 3.13. The molecule has 0 radical (unpaired) electrons. The van der Waals surface area contributed by atoms with E-state index in [0.29, 0.717) is 12.6 Å². The molecule has 2 aliphatic rings. The molecule has 2 aromatic rings. The Morgan fingerprint density at radius 3 is 2.59 bits per heavy atom. The summed E-state index contributed by atoms with van der Waals surface area (Å²) in [7, 11) is 0. The molecule has 2 saturated heterocycles. The van der Waals surface area contributed by atoms with Crippen LogP contribution in [0.4, 0.5) is 5.95 Å². The minimum Gasteiger partial charge on any atom is -0.458 e. The fraction of sp³-hybridized carbons (Fsp3) is 0.467. The van der Waals surface area contributed by atoms with Gasteiger partial charge < -0.3 is 14.4 Å². The van der Waals surface area contributed by atoms with Crippen molar-refractivity contribution in [3.8, 4) is 6.01 Å². The summed E-state index contributed by atoms with van der Waals surface area (Å²) < 4.78 is 11.9. The second kappa shape index (κ2) is 5.49. The average molecular weight is 299 g/mol. The maximum absolute atomic E-state index is 6.06. The van der Waals surface area contributed by atoms with Crippen molar-refractivity contribution in [1.82, 2.24) is 19.9 Å². The lowest BCUT2D eigenvalue weighted by molar-refractivity contribution is 0.0192. The molecule has 4 rings (SSSR count). The Morgan fingerprint density at radius 2 is 1.82 bits per heavy atom. The number of ether oxygens (including phenoxy) is 2. The Balaban J connectivity index is 1.40. The number of hydrogen-bond acceptors (Lipinski definition) is 7. The van der Waals surface area contributed by atoms with Crippen LogP contribution in [-0.4, -0.2) is 51.3 Å². The van der Waals surface area contributed by atoms with Gasteiger partial charge in [-0.05, 0) is 18.6 Å². The molecule has 0 unspecified atom stereocenters. The molecule has 0 aliphatic carbocycles. The van der Waals surface area contributed by atoms with Crippen LogP contribution in [0.3, 0.4) is 0 Å². The molecular formula is C15H17N5O2. The van der Waals surface area contributed by atoms with Crippen LogP contribution >= 0.6 is 0 Å². The summed E-state index contributed by atoms with van der Waals surface area (Å²) in [6, 6.07) is 4.01. The lowest BCUT2D eigenvalue weighted by Gasteiger charge is -2.23. The highest BCUT2D eigenvalue weighted by Gasteiger charge is 2.47. The van der Waals surface area contributed by atoms with E-state index in [0.717, 1.165) is 31.9 Å². The van der Waals surface area contributed by atoms with Crippen LogP contribution in [0.5, 0.6) is 6.01 Å². The minimum atomic E-state index is -0.168. The zero-order valence-electron chi connectivity index (χ0n) is 12.1. The van der Waals surface area contributed by atoms with E-state index in [1.54, 1.807) is 30.9 Å². The van der Waals surface area contributed by atoms with Gasteiger partial charge in [-0.1, -0.05) is 0 Å². The molecule has 1 spiro atoms. The first-order chi connectivity index (χ1) is 10.8. The first-order valence-corrected chi connectivity index (χ1v) is 7.43. The van der Waals surface area contributed by atoms with Gasteiger partial charge in [-0.3, -0.25) is 0 Å². The van der Waals surface area contributed by atoms with E-state index in [-0.39, 0.29) is 11.7 Å². The average Bonchev–Trinajstić information content (AvgIpc) is 3.17. The Kier molecular flexibility index (Phi) is 3.34. The molecule has 7 nitrogen and oxygen atoms in total. The van der Waals surface area contributed by atoms with Gasteiger partial charge in [0.15, 0.2) is 0 Å². The summed E-state index contributed by atoms with van der Waals surface area (Å²) >= 11 is 0. The molecule has 114 valence electrons. The molecule has 0 saturated carbocycles. The van der Waals surface area contributed by atoms with Gasteiger partial charge in [0.2, 0.25) is 5.95 Å². The van der Waals surface area contributed by atoms with Gasteiger partial charge in [0.05, 0.1) is 18.8 Å². The number of hydrogen-bond donors (Lipinski definition) is 0. The third-order valence-electron chi connectivity index (χ3n) is 4.14. The highest BCUT2D eigenvalue weighted by molar-refractivity contribution is 5.32. The van der Waals surface area contributed by atoms with Crippen molar-refractivity contribution in [1.29, 1.82) is 0 Å². The lowest BCUT2D eigenvalue weighted by atomic mass is 9.98. The second-order valence-electron chi connectivity index (χ2n) is 5.69. The molecule has 2 atom stereocenters. The van der Waals surface area contributed by atoms with Gasteiger partial charge in [-0.2, -0.15) is 0 Å². The number of aromatic nitrogens is 4. The van der Waals surface area contributed by atoms with Crippen molar-refractivity contribution < 1.29 is 9.47 Å². The van der Waals surface area contributed by atoms with Gasteiger partial charge in [0.1, 0.15) is 6.10 Å². The van der Waals surface area contributed by atoms with E-state index >= 15 is 0 Å². The highest BCUT2D eigenvalue weighted by Crippen LogP contribution is 2.37. The predicted molar refractivity (Wildman–Crippen MR) is 78.6 cm³/mol. The van der Waals surface area contributed by atoms with E-state index in [1.165, 1.54) is 0 Å². The zero-order valence-corrected chi connectivity index (χ0v) is 12.1. The quantitative estimate of drug-likeness (QED) is 0.839. The monoisotopic (exact) mass is 299 g/mol. The second-order valence-corrected chi connectivity index (χ2v) is 5.69. The van der Waals surface area contributed by atoms with Crippen molar-refractivity contribution in [2.75, 3.05) is 24.6 Å². The SMILES string of the molecule is c1cnc(O[C@H]2CO[C@]3(CCN(c4ncccn4)C3)C2)nc1. The third kappa shape index (κ3) is 2.59. The van der Waals surface area contributed by atoms with Crippen LogP contribution in [0.15, 0.2) is 36.9 Å². The molecule has 0 amide bonds. The first kappa shape index (κ1) is 13.4. The standard InChI is InChI=1S/C15H17N5O2/c1-4-16-13(17-5-1)20-8-3-15(11-20)9-12(10-21-15)22-14-18-6-2-7-19-14/h1-2,4-7,12H,3,8-11H2/t12-,15-/m1/s1. The predicted octanol–water partition coefficient (Wildman–Crippen LogP) is 1.08. The number of nitrogens with zero attached hydrogens (tertiary/aromatic N) is 5. The van der Waals surface area contributed by atoms with Crippen molar-refractivity contribution in [3.63, 3.8) is 0 Å². The fourth-order valence-corrected chi connectivity index (χ4v) is 3.13. The van der Waals surface area contributed by atoms with Crippen LogP contribution in [0, 0.1) is 0 Å². The van der Waals surface area contributed by atoms with E-state index in [2.05, 4.69) is 24.8 Å². The molecule has 0 N–H and O–H groups in total. The van der Waals surface area contributed by atoms with E-state index in [9.17, 15) is 0 Å². The molecule has 7 heteroatoms. The van der Waals surface area contributed by atoms with Gasteiger partial charge in [-0.25, -0.2) is 19.9 Å². The summed E-state index contributed by atoms with van der Waals surface area (Å²) in [6.07, 6.45) is 8.69. The van der Waals surface area contributed by atoms with Gasteiger partial charge in [-0.15, -0.1) is 0 Å². The minimum absolute atomic E-state index is 0.000887. The van der Waals surface area contributed by atoms with Gasteiger partial charge >= 0.3 is 6.01 Å². The molecule has 4 heterocycles. The van der Waals surface area contributed by atoms with E-state index in [4.69, 9.17) is 9.47 Å². The van der Waals surface area contributed by atoms with Crippen molar-refractivity contribution in [2.45, 2.75) is 24.5 Å². The normalized spacial score (nSPS) is 27.5. The summed E-state index contributed by atoms with van der Waals surface area (Å²) in [4.78, 5) is 19.0. The maximum atomic E-state index is 6.06. The Morgan fingerprint density at radius 1 is 1.09 bits per heavy atom. The van der Waals surface area contributed by atoms with Gasteiger partial charge in [0.25, 0.3) is 0 Å². The highest BCUT2D eigenvalue weighted by atomic mass is 16.6. The molecule has 0 aromatic carbocycles. The Hall–Kier alpha value is -2.28. The molecule has 2 fully saturated rings. The summed E-state index contributed by atoms with van der Waals surface area (Å²) in [6.45, 7) is 2.27. The largest absolute Gasteiger partial charge is 0.458 e. The van der Waals surface area contributed by atoms with Crippen molar-refractivity contribution >= 4 is 5.95 Å². The van der Waals surface area contributed by atoms with Crippen LogP contribution in [-0.2, 0) is 4.74 Å². The Bertz CT molecular complexity index is 626.